The predicted octanol–water partition coefficient (Wildman–Crippen LogP) is 2.42. The molecule has 0 aliphatic carbocycles. The molecule has 5 nitrogen and oxygen atoms in total. The Morgan fingerprint density at radius 1 is 1.45 bits per heavy atom. The first-order chi connectivity index (χ1) is 9.60. The van der Waals surface area contributed by atoms with E-state index < -0.39 is 0 Å². The second-order valence-corrected chi connectivity index (χ2v) is 5.05. The zero-order valence-electron chi connectivity index (χ0n) is 11.1. The van der Waals surface area contributed by atoms with Gasteiger partial charge in [-0.2, -0.15) is 16.7 Å². The number of carbonyl (C=O) groups excluding carboxylic acids is 1. The lowest BCUT2D eigenvalue weighted by Gasteiger charge is -2.08. The second-order valence-electron chi connectivity index (χ2n) is 4.19. The van der Waals surface area contributed by atoms with Crippen LogP contribution in [0.2, 0.25) is 0 Å². The van der Waals surface area contributed by atoms with E-state index in [0.29, 0.717) is 23.0 Å². The van der Waals surface area contributed by atoms with Crippen molar-refractivity contribution < 1.29 is 13.7 Å². The van der Waals surface area contributed by atoms with Gasteiger partial charge in [0.25, 0.3) is 0 Å². The highest BCUT2D eigenvalue weighted by atomic mass is 32.2. The van der Waals surface area contributed by atoms with E-state index in [2.05, 4.69) is 15.5 Å². The van der Waals surface area contributed by atoms with Crippen molar-refractivity contribution in [2.24, 2.45) is 0 Å². The van der Waals surface area contributed by atoms with Gasteiger partial charge in [-0.3, -0.25) is 4.79 Å². The maximum absolute atomic E-state index is 12.8. The summed E-state index contributed by atoms with van der Waals surface area (Å²) < 4.78 is 18.0. The van der Waals surface area contributed by atoms with Crippen molar-refractivity contribution in [2.75, 3.05) is 12.0 Å². The first-order valence-electron chi connectivity index (χ1n) is 5.98. The molecule has 1 aromatic heterocycles. The fourth-order valence-corrected chi connectivity index (χ4v) is 1.95. The Bertz CT molecular complexity index is 586. The summed E-state index contributed by atoms with van der Waals surface area (Å²) in [6, 6.07) is 5.43. The fourth-order valence-electron chi connectivity index (χ4n) is 1.60. The number of amides is 1. The first-order valence-corrected chi connectivity index (χ1v) is 7.37. The summed E-state index contributed by atoms with van der Waals surface area (Å²) in [7, 11) is 0. The molecule has 1 unspecified atom stereocenters. The molecular formula is C13H14FN3O2S. The van der Waals surface area contributed by atoms with E-state index in [-0.39, 0.29) is 17.8 Å². The molecule has 0 bridgehead atoms. The van der Waals surface area contributed by atoms with Crippen molar-refractivity contribution in [3.05, 3.63) is 36.0 Å². The largest absolute Gasteiger partial charge is 0.344 e. The van der Waals surface area contributed by atoms with Gasteiger partial charge >= 0.3 is 0 Å². The van der Waals surface area contributed by atoms with E-state index in [1.165, 1.54) is 23.9 Å². The van der Waals surface area contributed by atoms with Crippen molar-refractivity contribution in [1.82, 2.24) is 15.5 Å². The third kappa shape index (κ3) is 3.57. The quantitative estimate of drug-likeness (QED) is 0.917. The molecule has 0 saturated carbocycles. The van der Waals surface area contributed by atoms with Crippen LogP contribution in [0, 0.1) is 5.82 Å². The van der Waals surface area contributed by atoms with E-state index in [1.54, 1.807) is 19.1 Å². The molecule has 1 amide bonds. The molecule has 106 valence electrons. The summed E-state index contributed by atoms with van der Waals surface area (Å²) in [5.41, 5.74) is 0.657. The van der Waals surface area contributed by atoms with Crippen molar-refractivity contribution in [1.29, 1.82) is 0 Å². The Morgan fingerprint density at radius 3 is 2.80 bits per heavy atom. The Morgan fingerprint density at radius 2 is 2.15 bits per heavy atom. The standard InChI is InChI=1S/C13H14FN3O2S/c1-8(15-11(18)7-20-2)13-16-12(17-19-13)9-3-5-10(14)6-4-9/h3-6,8H,7H2,1-2H3,(H,15,18). The number of nitrogens with zero attached hydrogens (tertiary/aromatic N) is 2. The number of halogens is 1. The minimum absolute atomic E-state index is 0.0912. The van der Waals surface area contributed by atoms with E-state index in [0.717, 1.165) is 0 Å². The topological polar surface area (TPSA) is 68.0 Å². The van der Waals surface area contributed by atoms with Gasteiger partial charge in [-0.25, -0.2) is 4.39 Å². The molecule has 2 rings (SSSR count). The molecule has 1 heterocycles. The predicted molar refractivity (Wildman–Crippen MR) is 74.6 cm³/mol. The first kappa shape index (κ1) is 14.5. The number of carbonyl (C=O) groups is 1. The lowest BCUT2D eigenvalue weighted by Crippen LogP contribution is -2.28. The van der Waals surface area contributed by atoms with Crippen molar-refractivity contribution in [2.45, 2.75) is 13.0 Å². The third-order valence-corrected chi connectivity index (χ3v) is 3.12. The van der Waals surface area contributed by atoms with E-state index in [9.17, 15) is 9.18 Å². The van der Waals surface area contributed by atoms with E-state index in [1.807, 2.05) is 6.26 Å². The molecule has 0 spiro atoms. The lowest BCUT2D eigenvalue weighted by molar-refractivity contribution is -0.119. The summed E-state index contributed by atoms with van der Waals surface area (Å²) >= 11 is 1.44. The van der Waals surface area contributed by atoms with Crippen LogP contribution in [-0.2, 0) is 4.79 Å². The summed E-state index contributed by atoms with van der Waals surface area (Å²) in [5.74, 6) is 0.648. The lowest BCUT2D eigenvalue weighted by atomic mass is 10.2. The average Bonchev–Trinajstić information content (AvgIpc) is 2.89. The van der Waals surface area contributed by atoms with Crippen LogP contribution in [0.15, 0.2) is 28.8 Å². The Labute approximate surface area is 119 Å². The summed E-state index contributed by atoms with van der Waals surface area (Å²) in [5, 5.41) is 6.58. The molecule has 0 aliphatic rings. The summed E-state index contributed by atoms with van der Waals surface area (Å²) in [4.78, 5) is 15.7. The van der Waals surface area contributed by atoms with Gasteiger partial charge in [-0.05, 0) is 37.4 Å². The van der Waals surface area contributed by atoms with Gasteiger partial charge in [0.15, 0.2) is 0 Å². The number of hydrogen-bond acceptors (Lipinski definition) is 5. The molecule has 1 aromatic carbocycles. The second kappa shape index (κ2) is 6.51. The zero-order chi connectivity index (χ0) is 14.5. The van der Waals surface area contributed by atoms with E-state index >= 15 is 0 Å². The highest BCUT2D eigenvalue weighted by Crippen LogP contribution is 2.18. The Kier molecular flexibility index (Phi) is 4.73. The number of aromatic nitrogens is 2. The van der Waals surface area contributed by atoms with Crippen LogP contribution in [0.1, 0.15) is 18.9 Å². The minimum Gasteiger partial charge on any atom is -0.344 e. The van der Waals surface area contributed by atoms with Crippen LogP contribution in [0.5, 0.6) is 0 Å². The molecule has 20 heavy (non-hydrogen) atoms. The van der Waals surface area contributed by atoms with Crippen LogP contribution in [0.3, 0.4) is 0 Å². The molecular weight excluding hydrogens is 281 g/mol. The number of hydrogen-bond donors (Lipinski definition) is 1. The zero-order valence-corrected chi connectivity index (χ0v) is 11.9. The number of benzene rings is 1. The van der Waals surface area contributed by atoms with Gasteiger partial charge in [0, 0.05) is 5.56 Å². The van der Waals surface area contributed by atoms with Gasteiger partial charge in [-0.15, -0.1) is 0 Å². The van der Waals surface area contributed by atoms with Gasteiger partial charge in [0.1, 0.15) is 11.9 Å². The monoisotopic (exact) mass is 295 g/mol. The molecule has 0 fully saturated rings. The van der Waals surface area contributed by atoms with Gasteiger partial charge in [0.2, 0.25) is 17.6 Å². The van der Waals surface area contributed by atoms with Crippen LogP contribution in [0.4, 0.5) is 4.39 Å². The molecule has 1 atom stereocenters. The van der Waals surface area contributed by atoms with Gasteiger partial charge < -0.3 is 9.84 Å². The van der Waals surface area contributed by atoms with Gasteiger partial charge in [-0.1, -0.05) is 5.16 Å². The van der Waals surface area contributed by atoms with Crippen molar-refractivity contribution in [3.8, 4) is 11.4 Å². The van der Waals surface area contributed by atoms with Crippen LogP contribution in [0.25, 0.3) is 11.4 Å². The normalized spacial score (nSPS) is 12.2. The van der Waals surface area contributed by atoms with Crippen LogP contribution >= 0.6 is 11.8 Å². The SMILES string of the molecule is CSCC(=O)NC(C)c1nc(-c2ccc(F)cc2)no1. The molecule has 0 radical (unpaired) electrons. The third-order valence-electron chi connectivity index (χ3n) is 2.57. The van der Waals surface area contributed by atoms with E-state index in [4.69, 9.17) is 4.52 Å². The highest BCUT2D eigenvalue weighted by Gasteiger charge is 2.17. The minimum atomic E-state index is -0.364. The molecule has 2 aromatic rings. The average molecular weight is 295 g/mol. The molecule has 0 saturated heterocycles. The Hall–Kier alpha value is -1.89. The number of rotatable bonds is 5. The Balaban J connectivity index is 2.08. The smallest absolute Gasteiger partial charge is 0.249 e. The number of thioether (sulfide) groups is 1. The molecule has 7 heteroatoms. The molecule has 1 N–H and O–H groups in total. The molecule has 0 aliphatic heterocycles. The van der Waals surface area contributed by atoms with Crippen molar-refractivity contribution >= 4 is 17.7 Å². The summed E-state index contributed by atoms with van der Waals surface area (Å²) in [6.07, 6.45) is 1.85. The van der Waals surface area contributed by atoms with Crippen LogP contribution < -0.4 is 5.32 Å². The number of nitrogens with one attached hydrogen (secondary N) is 1. The summed E-state index contributed by atoms with van der Waals surface area (Å²) in [6.45, 7) is 1.76. The van der Waals surface area contributed by atoms with Gasteiger partial charge in [0.05, 0.1) is 5.75 Å². The maximum atomic E-state index is 12.8. The van der Waals surface area contributed by atoms with Crippen LogP contribution in [-0.4, -0.2) is 28.1 Å². The highest BCUT2D eigenvalue weighted by molar-refractivity contribution is 7.99. The fraction of sp³-hybridized carbons (Fsp3) is 0.308. The maximum Gasteiger partial charge on any atom is 0.249 e. The van der Waals surface area contributed by atoms with Crippen molar-refractivity contribution in [3.63, 3.8) is 0 Å².